The molecule has 0 radical (unpaired) electrons. The average Bonchev–Trinajstić information content (AvgIpc) is 2.72. The van der Waals surface area contributed by atoms with Gasteiger partial charge in [-0.3, -0.25) is 0 Å². The normalized spacial score (nSPS) is 47.2. The molecule has 4 fully saturated rings. The molecule has 1 spiro atoms. The Morgan fingerprint density at radius 2 is 1.82 bits per heavy atom. The second kappa shape index (κ2) is 3.87. The Labute approximate surface area is 125 Å². The van der Waals surface area contributed by atoms with E-state index in [0.29, 0.717) is 25.2 Å². The quantitative estimate of drug-likeness (QED) is 0.760. The number of nitrogens with one attached hydrogen (secondary N) is 1. The van der Waals surface area contributed by atoms with Gasteiger partial charge >= 0.3 is 21.4 Å². The van der Waals surface area contributed by atoms with Crippen molar-refractivity contribution in [3.63, 3.8) is 0 Å². The minimum atomic E-state index is -6.06. The molecule has 6 unspecified atom stereocenters. The van der Waals surface area contributed by atoms with Gasteiger partial charge < -0.3 is 5.21 Å². The van der Waals surface area contributed by atoms with Gasteiger partial charge in [-0.05, 0) is 61.7 Å². The number of quaternary nitrogens is 1. The lowest BCUT2D eigenvalue weighted by Crippen LogP contribution is -3.14. The standard InChI is InChI=1S/C13H16F3NO4S/c14-13(15,16)22(20,21)17(19)10(18)11-3-7-1-8-2-9(5-11)12(8,4-7)6-11/h7-9,17H,1-6H2. The van der Waals surface area contributed by atoms with Gasteiger partial charge in [0.2, 0.25) is 0 Å². The summed E-state index contributed by atoms with van der Waals surface area (Å²) < 4.78 is 57.9. The molecular weight excluding hydrogens is 323 g/mol. The smallest absolute Gasteiger partial charge is 0.550 e. The highest BCUT2D eigenvalue weighted by atomic mass is 32.2. The van der Waals surface area contributed by atoms with Crippen LogP contribution in [0.25, 0.3) is 0 Å². The number of fused-ring (bicyclic) bond motifs is 2. The molecule has 0 heterocycles. The van der Waals surface area contributed by atoms with Crippen LogP contribution in [0.5, 0.6) is 0 Å². The van der Waals surface area contributed by atoms with E-state index >= 15 is 0 Å². The number of amides is 1. The third kappa shape index (κ3) is 1.52. The number of hydroxylamine groups is 1. The Hall–Kier alpha value is -0.670. The molecule has 0 saturated heterocycles. The summed E-state index contributed by atoms with van der Waals surface area (Å²) in [5, 5.41) is 11.8. The summed E-state index contributed by atoms with van der Waals surface area (Å²) in [6, 6.07) is 0. The van der Waals surface area contributed by atoms with E-state index < -0.39 is 31.3 Å². The van der Waals surface area contributed by atoms with Crippen LogP contribution in [0.3, 0.4) is 0 Å². The molecule has 6 atom stereocenters. The summed E-state index contributed by atoms with van der Waals surface area (Å²) in [5.74, 6) is -0.287. The van der Waals surface area contributed by atoms with Crippen molar-refractivity contribution in [3.8, 4) is 0 Å². The predicted molar refractivity (Wildman–Crippen MR) is 67.3 cm³/mol. The molecule has 1 N–H and O–H groups in total. The zero-order valence-electron chi connectivity index (χ0n) is 11.6. The molecule has 4 aliphatic rings. The molecule has 4 saturated carbocycles. The first-order valence-electron chi connectivity index (χ1n) is 7.42. The van der Waals surface area contributed by atoms with Gasteiger partial charge in [-0.1, -0.05) is 0 Å². The van der Waals surface area contributed by atoms with Crippen molar-refractivity contribution in [1.29, 1.82) is 0 Å². The van der Waals surface area contributed by atoms with Gasteiger partial charge in [-0.25, -0.2) is 4.79 Å². The fourth-order valence-corrected chi connectivity index (χ4v) is 6.74. The maximum Gasteiger partial charge on any atom is 0.550 e. The second-order valence-corrected chi connectivity index (χ2v) is 9.44. The second-order valence-electron chi connectivity index (χ2n) is 7.60. The summed E-state index contributed by atoms with van der Waals surface area (Å²) in [6.45, 7) is 0. The Kier molecular flexibility index (Phi) is 2.62. The fourth-order valence-electron chi connectivity index (χ4n) is 6.07. The molecule has 124 valence electrons. The van der Waals surface area contributed by atoms with E-state index in [0.717, 1.165) is 19.3 Å². The fraction of sp³-hybridized carbons (Fsp3) is 0.923. The third-order valence-corrected chi connectivity index (χ3v) is 7.96. The van der Waals surface area contributed by atoms with E-state index in [2.05, 4.69) is 0 Å². The molecule has 3 bridgehead atoms. The van der Waals surface area contributed by atoms with Crippen molar-refractivity contribution in [2.24, 2.45) is 28.6 Å². The van der Waals surface area contributed by atoms with Gasteiger partial charge in [-0.15, -0.1) is 0 Å². The number of hydrogen-bond acceptors (Lipinski definition) is 4. The Morgan fingerprint density at radius 3 is 2.45 bits per heavy atom. The monoisotopic (exact) mass is 339 g/mol. The molecule has 4 rings (SSSR count). The van der Waals surface area contributed by atoms with E-state index in [1.165, 1.54) is 0 Å². The Bertz CT molecular complexity index is 659. The number of alkyl halides is 3. The van der Waals surface area contributed by atoms with Gasteiger partial charge in [0.15, 0.2) is 0 Å². The topological polar surface area (TPSA) is 78.7 Å². The molecule has 4 aliphatic carbocycles. The molecule has 22 heavy (non-hydrogen) atoms. The van der Waals surface area contributed by atoms with Crippen LogP contribution < -0.4 is 4.47 Å². The number of carbonyl (C=O) groups is 1. The summed E-state index contributed by atoms with van der Waals surface area (Å²) in [4.78, 5) is 12.4. The highest BCUT2D eigenvalue weighted by Gasteiger charge is 2.74. The maximum atomic E-state index is 12.5. The maximum absolute atomic E-state index is 12.5. The van der Waals surface area contributed by atoms with E-state index in [1.54, 1.807) is 0 Å². The number of sulfonamides is 1. The van der Waals surface area contributed by atoms with E-state index in [4.69, 9.17) is 0 Å². The van der Waals surface area contributed by atoms with Crippen molar-refractivity contribution in [1.82, 2.24) is 0 Å². The third-order valence-electron chi connectivity index (χ3n) is 6.68. The summed E-state index contributed by atoms with van der Waals surface area (Å²) in [7, 11) is -6.06. The molecule has 5 nitrogen and oxygen atoms in total. The van der Waals surface area contributed by atoms with E-state index in [9.17, 15) is 31.6 Å². The molecule has 0 aromatic rings. The minimum Gasteiger partial charge on any atom is -0.610 e. The van der Waals surface area contributed by atoms with Crippen LogP contribution in [0.4, 0.5) is 13.2 Å². The van der Waals surface area contributed by atoms with Crippen molar-refractivity contribution in [2.45, 2.75) is 44.0 Å². The van der Waals surface area contributed by atoms with Crippen LogP contribution >= 0.6 is 0 Å². The zero-order chi connectivity index (χ0) is 16.1. The zero-order valence-corrected chi connectivity index (χ0v) is 12.5. The van der Waals surface area contributed by atoms with Crippen LogP contribution in [0, 0.1) is 33.8 Å². The largest absolute Gasteiger partial charge is 0.610 e. The molecule has 0 aliphatic heterocycles. The SMILES string of the molecule is O=C([NH+]([O-])S(=O)(=O)C(F)(F)F)C12CC3CC4CC(C1)C4(C3)C2. The number of hydrogen-bond donors (Lipinski definition) is 1. The Morgan fingerprint density at radius 1 is 1.14 bits per heavy atom. The van der Waals surface area contributed by atoms with Crippen molar-refractivity contribution < 1.29 is 30.9 Å². The van der Waals surface area contributed by atoms with Gasteiger partial charge in [0, 0.05) is 0 Å². The first-order chi connectivity index (χ1) is 10.0. The van der Waals surface area contributed by atoms with Crippen LogP contribution in [-0.2, 0) is 14.8 Å². The molecule has 0 aromatic carbocycles. The Balaban J connectivity index is 1.67. The highest BCUT2D eigenvalue weighted by Crippen LogP contribution is 2.78. The van der Waals surface area contributed by atoms with Crippen molar-refractivity contribution >= 4 is 15.9 Å². The summed E-state index contributed by atoms with van der Waals surface area (Å²) >= 11 is 0. The lowest BCUT2D eigenvalue weighted by atomic mass is 9.55. The molecule has 0 aromatic heterocycles. The average molecular weight is 339 g/mol. The summed E-state index contributed by atoms with van der Waals surface area (Å²) in [6.07, 6.45) is 4.08. The molecule has 9 heteroatoms. The van der Waals surface area contributed by atoms with Crippen molar-refractivity contribution in [2.75, 3.05) is 0 Å². The van der Waals surface area contributed by atoms with Gasteiger partial charge in [-0.2, -0.15) is 26.1 Å². The molecule has 1 amide bonds. The number of carbonyl (C=O) groups excluding carboxylic acids is 1. The first kappa shape index (κ1) is 14.9. The predicted octanol–water partition coefficient (Wildman–Crippen LogP) is 0.962. The minimum absolute atomic E-state index is 0.000844. The molecular formula is C13H16F3NO4S. The van der Waals surface area contributed by atoms with Gasteiger partial charge in [0.25, 0.3) is 0 Å². The lowest BCUT2D eigenvalue weighted by molar-refractivity contribution is -0.630. The van der Waals surface area contributed by atoms with Gasteiger partial charge in [0.05, 0.1) is 5.41 Å². The van der Waals surface area contributed by atoms with E-state index in [1.807, 2.05) is 0 Å². The number of halogens is 3. The highest BCUT2D eigenvalue weighted by molar-refractivity contribution is 7.86. The van der Waals surface area contributed by atoms with Crippen LogP contribution in [0.2, 0.25) is 0 Å². The number of rotatable bonds is 2. The van der Waals surface area contributed by atoms with Crippen molar-refractivity contribution in [3.05, 3.63) is 5.21 Å². The lowest BCUT2D eigenvalue weighted by Gasteiger charge is -2.49. The van der Waals surface area contributed by atoms with Gasteiger partial charge in [0.1, 0.15) is 0 Å². The van der Waals surface area contributed by atoms with E-state index in [-0.39, 0.29) is 17.3 Å². The van der Waals surface area contributed by atoms with Crippen LogP contribution in [0.1, 0.15) is 38.5 Å². The first-order valence-corrected chi connectivity index (χ1v) is 8.90. The van der Waals surface area contributed by atoms with Crippen LogP contribution in [-0.4, -0.2) is 19.8 Å². The summed E-state index contributed by atoms with van der Waals surface area (Å²) in [5.41, 5.74) is -6.86. The van der Waals surface area contributed by atoms with Crippen LogP contribution in [0.15, 0.2) is 0 Å².